The molecule has 0 N–H and O–H groups in total. The fourth-order valence-electron chi connectivity index (χ4n) is 2.96. The van der Waals surface area contributed by atoms with Crippen LogP contribution in [0.25, 0.3) is 17.3 Å². The van der Waals surface area contributed by atoms with Crippen molar-refractivity contribution in [3.63, 3.8) is 0 Å². The zero-order valence-electron chi connectivity index (χ0n) is 15.4. The first kappa shape index (κ1) is 18.0. The number of allylic oxidation sites excluding steroid dienone is 1. The van der Waals surface area contributed by atoms with Gasteiger partial charge in [-0.05, 0) is 69.7 Å². The minimum atomic E-state index is 0.593. The Bertz CT molecular complexity index is 987. The fourth-order valence-corrected chi connectivity index (χ4v) is 3.73. The molecule has 2 aromatic heterocycles. The first-order valence-corrected chi connectivity index (χ1v) is 9.38. The van der Waals surface area contributed by atoms with E-state index in [0.29, 0.717) is 12.2 Å². The number of ether oxygens (including phenoxy) is 1. The van der Waals surface area contributed by atoms with E-state index in [-0.39, 0.29) is 0 Å². The Hall–Kier alpha value is -2.84. The number of hydrogen-bond acceptors (Lipinski definition) is 4. The highest BCUT2D eigenvalue weighted by Gasteiger charge is 2.12. The zero-order chi connectivity index (χ0) is 18.7. The van der Waals surface area contributed by atoms with Crippen molar-refractivity contribution in [3.8, 4) is 17.5 Å². The van der Waals surface area contributed by atoms with E-state index < -0.39 is 0 Å². The Labute approximate surface area is 158 Å². The number of hydrogen-bond donors (Lipinski definition) is 0. The monoisotopic (exact) mass is 363 g/mol. The number of aryl methyl sites for hydroxylation is 2. The third kappa shape index (κ3) is 3.56. The van der Waals surface area contributed by atoms with Crippen molar-refractivity contribution in [3.05, 3.63) is 63.4 Å². The molecule has 0 unspecified atom stereocenters. The Kier molecular flexibility index (Phi) is 5.24. The average Bonchev–Trinajstić information content (AvgIpc) is 3.17. The lowest BCUT2D eigenvalue weighted by molar-refractivity contribution is 0.340. The van der Waals surface area contributed by atoms with E-state index in [2.05, 4.69) is 35.5 Å². The molecule has 3 rings (SSSR count). The van der Waals surface area contributed by atoms with E-state index in [4.69, 9.17) is 4.74 Å². The van der Waals surface area contributed by atoms with E-state index in [1.54, 1.807) is 0 Å². The number of aromatic nitrogens is 2. The second-order valence-electron chi connectivity index (χ2n) is 6.05. The third-order valence-electron chi connectivity index (χ3n) is 4.15. The Morgan fingerprint density at radius 3 is 2.58 bits per heavy atom. The van der Waals surface area contributed by atoms with Crippen LogP contribution < -0.4 is 4.74 Å². The molecule has 0 amide bonds. The summed E-state index contributed by atoms with van der Waals surface area (Å²) in [6.07, 6.45) is 1.92. The fraction of sp³-hybridized carbons (Fsp3) is 0.238. The van der Waals surface area contributed by atoms with Crippen LogP contribution in [0, 0.1) is 32.1 Å². The molecule has 0 spiro atoms. The maximum atomic E-state index is 9.54. The molecule has 2 heterocycles. The van der Waals surface area contributed by atoms with E-state index in [1.165, 1.54) is 11.3 Å². The molecular formula is C21H21N3OS. The summed E-state index contributed by atoms with van der Waals surface area (Å²) in [5.41, 5.74) is 5.84. The molecule has 0 aliphatic heterocycles. The molecule has 26 heavy (non-hydrogen) atoms. The van der Waals surface area contributed by atoms with Crippen molar-refractivity contribution >= 4 is 23.0 Å². The predicted octanol–water partition coefficient (Wildman–Crippen LogP) is 5.32. The molecule has 5 heteroatoms. The number of nitrogens with zero attached hydrogens (tertiary/aromatic N) is 3. The summed E-state index contributed by atoms with van der Waals surface area (Å²) in [6.45, 7) is 8.71. The molecule has 0 saturated heterocycles. The zero-order valence-corrected chi connectivity index (χ0v) is 16.2. The van der Waals surface area contributed by atoms with Crippen LogP contribution in [-0.2, 0) is 0 Å². The summed E-state index contributed by atoms with van der Waals surface area (Å²) in [5.74, 6) is 0.865. The maximum absolute atomic E-state index is 9.54. The highest BCUT2D eigenvalue weighted by molar-refractivity contribution is 7.11. The van der Waals surface area contributed by atoms with Crippen LogP contribution in [0.1, 0.15) is 34.6 Å². The van der Waals surface area contributed by atoms with Gasteiger partial charge in [0.1, 0.15) is 16.8 Å². The minimum absolute atomic E-state index is 0.593. The molecule has 4 nitrogen and oxygen atoms in total. The first-order valence-electron chi connectivity index (χ1n) is 8.50. The average molecular weight is 363 g/mol. The maximum Gasteiger partial charge on any atom is 0.134 e. The second kappa shape index (κ2) is 7.59. The van der Waals surface area contributed by atoms with Gasteiger partial charge in [0, 0.05) is 28.1 Å². The molecule has 0 bridgehead atoms. The van der Waals surface area contributed by atoms with Gasteiger partial charge in [-0.15, -0.1) is 11.3 Å². The number of thiazole rings is 1. The van der Waals surface area contributed by atoms with E-state index >= 15 is 0 Å². The number of nitriles is 1. The molecule has 0 saturated carbocycles. The molecule has 3 aromatic rings. The van der Waals surface area contributed by atoms with E-state index in [1.807, 2.05) is 49.6 Å². The quantitative estimate of drug-likeness (QED) is 0.576. The van der Waals surface area contributed by atoms with Gasteiger partial charge in [0.15, 0.2) is 0 Å². The molecule has 0 aliphatic rings. The van der Waals surface area contributed by atoms with Crippen molar-refractivity contribution < 1.29 is 4.74 Å². The smallest absolute Gasteiger partial charge is 0.134 e. The van der Waals surface area contributed by atoms with E-state index in [9.17, 15) is 5.26 Å². The van der Waals surface area contributed by atoms with Gasteiger partial charge >= 0.3 is 0 Å². The van der Waals surface area contributed by atoms with Gasteiger partial charge in [-0.1, -0.05) is 0 Å². The largest absolute Gasteiger partial charge is 0.494 e. The van der Waals surface area contributed by atoms with Gasteiger partial charge in [-0.3, -0.25) is 0 Å². The molecule has 132 valence electrons. The highest BCUT2D eigenvalue weighted by atomic mass is 32.1. The lowest BCUT2D eigenvalue weighted by atomic mass is 10.1. The molecule has 1 aromatic carbocycles. The normalized spacial score (nSPS) is 11.4. The minimum Gasteiger partial charge on any atom is -0.494 e. The van der Waals surface area contributed by atoms with Crippen LogP contribution in [0.3, 0.4) is 0 Å². The summed E-state index contributed by atoms with van der Waals surface area (Å²) >= 11 is 1.50. The molecular weight excluding hydrogens is 342 g/mol. The summed E-state index contributed by atoms with van der Waals surface area (Å²) < 4.78 is 7.70. The van der Waals surface area contributed by atoms with Crippen LogP contribution in [0.15, 0.2) is 35.7 Å². The van der Waals surface area contributed by atoms with Gasteiger partial charge in [-0.25, -0.2) is 4.98 Å². The topological polar surface area (TPSA) is 50.8 Å². The van der Waals surface area contributed by atoms with E-state index in [0.717, 1.165) is 39.1 Å². The SMILES string of the molecule is CCOc1ccc(-n2c(C)cc(C=C(C#N)c3nc(C)cs3)c2C)cc1. The Balaban J connectivity index is 2.00. The van der Waals surface area contributed by atoms with Gasteiger partial charge in [0.05, 0.1) is 12.2 Å². The van der Waals surface area contributed by atoms with Gasteiger partial charge in [0.2, 0.25) is 0 Å². The standard InChI is InChI=1S/C21H21N3OS/c1-5-25-20-8-6-19(7-9-20)24-15(3)10-17(16(24)4)11-18(12-22)21-23-14(2)13-26-21/h6-11,13H,5H2,1-4H3. The van der Waals surface area contributed by atoms with Gasteiger partial charge in [0.25, 0.3) is 0 Å². The highest BCUT2D eigenvalue weighted by Crippen LogP contribution is 2.27. The third-order valence-corrected chi connectivity index (χ3v) is 5.14. The molecule has 0 aliphatic carbocycles. The van der Waals surface area contributed by atoms with Crippen molar-refractivity contribution in [2.24, 2.45) is 0 Å². The van der Waals surface area contributed by atoms with Crippen LogP contribution in [0.5, 0.6) is 5.75 Å². The summed E-state index contributed by atoms with van der Waals surface area (Å²) in [4.78, 5) is 4.43. The van der Waals surface area contributed by atoms with Crippen LogP contribution in [0.4, 0.5) is 0 Å². The molecule has 0 fully saturated rings. The van der Waals surface area contributed by atoms with Crippen molar-refractivity contribution in [2.75, 3.05) is 6.61 Å². The summed E-state index contributed by atoms with van der Waals surface area (Å²) in [5, 5.41) is 12.3. The molecule has 0 radical (unpaired) electrons. The summed E-state index contributed by atoms with van der Waals surface area (Å²) in [6, 6.07) is 12.4. The second-order valence-corrected chi connectivity index (χ2v) is 6.91. The summed E-state index contributed by atoms with van der Waals surface area (Å²) in [7, 11) is 0. The van der Waals surface area contributed by atoms with Crippen molar-refractivity contribution in [1.82, 2.24) is 9.55 Å². The Morgan fingerprint density at radius 2 is 2.00 bits per heavy atom. The van der Waals surface area contributed by atoms with Crippen LogP contribution >= 0.6 is 11.3 Å². The predicted molar refractivity (Wildman–Crippen MR) is 107 cm³/mol. The van der Waals surface area contributed by atoms with Gasteiger partial charge < -0.3 is 9.30 Å². The lowest BCUT2D eigenvalue weighted by Gasteiger charge is -2.11. The Morgan fingerprint density at radius 1 is 1.27 bits per heavy atom. The first-order chi connectivity index (χ1) is 12.5. The van der Waals surface area contributed by atoms with Crippen LogP contribution in [-0.4, -0.2) is 16.2 Å². The van der Waals surface area contributed by atoms with Gasteiger partial charge in [-0.2, -0.15) is 5.26 Å². The van der Waals surface area contributed by atoms with Crippen LogP contribution in [0.2, 0.25) is 0 Å². The number of benzene rings is 1. The van der Waals surface area contributed by atoms with Crippen molar-refractivity contribution in [1.29, 1.82) is 5.26 Å². The lowest BCUT2D eigenvalue weighted by Crippen LogP contribution is -1.99. The molecule has 0 atom stereocenters. The number of rotatable bonds is 5. The van der Waals surface area contributed by atoms with Crippen molar-refractivity contribution in [2.45, 2.75) is 27.7 Å².